The monoisotopic (exact) mass is 215 g/mol. The topological polar surface area (TPSA) is 34.1 Å². The Balaban J connectivity index is 0. The average Bonchev–Trinajstić information content (AvgIpc) is 1.27. The van der Waals surface area contributed by atoms with Gasteiger partial charge in [0.25, 0.3) is 0 Å². The molecule has 0 N–H and O–H groups in total. The van der Waals surface area contributed by atoms with E-state index >= 15 is 0 Å². The maximum Gasteiger partial charge on any atom is 0.137 e. The molecule has 0 atom stereocenters. The van der Waals surface area contributed by atoms with Gasteiger partial charge in [0, 0.05) is 25.8 Å². The van der Waals surface area contributed by atoms with Crippen LogP contribution < -0.4 is 0 Å². The minimum absolute atomic E-state index is 0. The van der Waals surface area contributed by atoms with Crippen molar-refractivity contribution in [2.24, 2.45) is 0 Å². The van der Waals surface area contributed by atoms with Crippen LogP contribution in [0.25, 0.3) is 0 Å². The van der Waals surface area contributed by atoms with Crippen LogP contribution in [0.2, 0.25) is 0 Å². The zero-order chi connectivity index (χ0) is 5.86. The van der Waals surface area contributed by atoms with E-state index in [0.717, 1.165) is 0 Å². The van der Waals surface area contributed by atoms with Crippen LogP contribution in [0.15, 0.2) is 0 Å². The van der Waals surface area contributed by atoms with Crippen molar-refractivity contribution in [3.8, 4) is 0 Å². The maximum absolute atomic E-state index is 10.0. The smallest absolute Gasteiger partial charge is 0.137 e. The summed E-state index contributed by atoms with van der Waals surface area (Å²) < 4.78 is 0. The molecule has 0 aliphatic heterocycles. The molecule has 0 aromatic heterocycles. The zero-order valence-electron chi connectivity index (χ0n) is 5.10. The van der Waals surface area contributed by atoms with Gasteiger partial charge in [-0.2, -0.15) is 0 Å². The van der Waals surface area contributed by atoms with Gasteiger partial charge in [0.2, 0.25) is 0 Å². The second-order valence-corrected chi connectivity index (χ2v) is 1.58. The molecule has 0 aliphatic rings. The summed E-state index contributed by atoms with van der Waals surface area (Å²) >= 11 is 0. The third kappa shape index (κ3) is 9.51. The number of hydrogen-bond donors (Lipinski definition) is 0. The predicted molar refractivity (Wildman–Crippen MR) is 31.7 cm³/mol. The molecule has 3 heteroatoms. The number of Topliss-reactive ketones (excluding diaryl/α,β-unsaturated/α-hetero) is 2. The van der Waals surface area contributed by atoms with Crippen LogP contribution in [0.4, 0.5) is 0 Å². The third-order valence-electron chi connectivity index (χ3n) is 0.498. The molecule has 0 bridgehead atoms. The standard InChI is InChI=1S/C5H8O2.In/c1-4(6)3-5(2)7;/h3H2,1-2H3;. The molecular weight excluding hydrogens is 207 g/mol. The normalized spacial score (nSPS) is 7.25. The summed E-state index contributed by atoms with van der Waals surface area (Å²) in [7, 11) is 0. The Kier molecular flexibility index (Phi) is 7.40. The fourth-order valence-corrected chi connectivity index (χ4v) is 0.351. The van der Waals surface area contributed by atoms with E-state index in [4.69, 9.17) is 0 Å². The van der Waals surface area contributed by atoms with Crippen molar-refractivity contribution < 1.29 is 9.59 Å². The Hall–Kier alpha value is 0.210. The molecule has 0 aromatic carbocycles. The summed E-state index contributed by atoms with van der Waals surface area (Å²) in [6.45, 7) is 2.81. The minimum Gasteiger partial charge on any atom is -0.300 e. The van der Waals surface area contributed by atoms with E-state index < -0.39 is 0 Å². The molecule has 0 spiro atoms. The van der Waals surface area contributed by atoms with Crippen molar-refractivity contribution in [2.75, 3.05) is 0 Å². The summed E-state index contributed by atoms with van der Waals surface area (Å²) in [5, 5.41) is 0. The van der Waals surface area contributed by atoms with Crippen molar-refractivity contribution in [3.05, 3.63) is 0 Å². The maximum atomic E-state index is 10.0. The van der Waals surface area contributed by atoms with Crippen molar-refractivity contribution in [1.82, 2.24) is 0 Å². The number of hydrogen-bond acceptors (Lipinski definition) is 2. The summed E-state index contributed by atoms with van der Waals surface area (Å²) in [5.74, 6) is -0.125. The van der Waals surface area contributed by atoms with Gasteiger partial charge in [-0.25, -0.2) is 0 Å². The van der Waals surface area contributed by atoms with Gasteiger partial charge in [0.1, 0.15) is 11.6 Å². The van der Waals surface area contributed by atoms with Crippen LogP contribution in [-0.2, 0) is 9.59 Å². The van der Waals surface area contributed by atoms with Crippen LogP contribution in [-0.4, -0.2) is 37.4 Å². The van der Waals surface area contributed by atoms with Gasteiger partial charge < -0.3 is 0 Å². The van der Waals surface area contributed by atoms with Crippen molar-refractivity contribution in [1.29, 1.82) is 0 Å². The SMILES string of the molecule is CC(=O)CC(C)=O.[In]. The molecule has 0 rings (SSSR count). The first-order valence-electron chi connectivity index (χ1n) is 2.12. The van der Waals surface area contributed by atoms with Crippen LogP contribution in [0.3, 0.4) is 0 Å². The quantitative estimate of drug-likeness (QED) is 0.615. The number of ketones is 2. The molecule has 2 nitrogen and oxygen atoms in total. The Bertz CT molecular complexity index is 86.6. The van der Waals surface area contributed by atoms with Crippen LogP contribution in [0, 0.1) is 0 Å². The molecule has 0 heterocycles. The van der Waals surface area contributed by atoms with Crippen LogP contribution in [0.5, 0.6) is 0 Å². The van der Waals surface area contributed by atoms with E-state index in [-0.39, 0.29) is 43.8 Å². The van der Waals surface area contributed by atoms with E-state index in [1.807, 2.05) is 0 Å². The first-order valence-corrected chi connectivity index (χ1v) is 2.12. The molecule has 0 saturated heterocycles. The van der Waals surface area contributed by atoms with Crippen molar-refractivity contribution >= 4 is 37.4 Å². The Morgan fingerprint density at radius 1 is 1.12 bits per heavy atom. The minimum atomic E-state index is -0.0625. The third-order valence-corrected chi connectivity index (χ3v) is 0.498. The fourth-order valence-electron chi connectivity index (χ4n) is 0.351. The zero-order valence-corrected chi connectivity index (χ0v) is 8.40. The molecule has 3 radical (unpaired) electrons. The van der Waals surface area contributed by atoms with E-state index in [2.05, 4.69) is 0 Å². The Morgan fingerprint density at radius 3 is 1.38 bits per heavy atom. The first-order chi connectivity index (χ1) is 3.13. The summed E-state index contributed by atoms with van der Waals surface area (Å²) in [5.41, 5.74) is 0. The largest absolute Gasteiger partial charge is 0.300 e. The van der Waals surface area contributed by atoms with Gasteiger partial charge in [-0.15, -0.1) is 0 Å². The molecular formula is C5H8InO2. The Labute approximate surface area is 67.4 Å². The first kappa shape index (κ1) is 11.1. The van der Waals surface area contributed by atoms with Gasteiger partial charge >= 0.3 is 0 Å². The van der Waals surface area contributed by atoms with E-state index in [9.17, 15) is 9.59 Å². The van der Waals surface area contributed by atoms with Gasteiger partial charge in [0.05, 0.1) is 6.42 Å². The molecule has 8 heavy (non-hydrogen) atoms. The second-order valence-electron chi connectivity index (χ2n) is 1.58. The summed E-state index contributed by atoms with van der Waals surface area (Å²) in [6, 6.07) is 0. The van der Waals surface area contributed by atoms with Gasteiger partial charge in [-0.3, -0.25) is 9.59 Å². The predicted octanol–water partition coefficient (Wildman–Crippen LogP) is 0.174. The van der Waals surface area contributed by atoms with Crippen molar-refractivity contribution in [2.45, 2.75) is 20.3 Å². The number of carbonyl (C=O) groups excluding carboxylic acids is 2. The van der Waals surface area contributed by atoms with Gasteiger partial charge in [0.15, 0.2) is 0 Å². The van der Waals surface area contributed by atoms with E-state index in [0.29, 0.717) is 0 Å². The van der Waals surface area contributed by atoms with Crippen molar-refractivity contribution in [3.63, 3.8) is 0 Å². The molecule has 43 valence electrons. The summed E-state index contributed by atoms with van der Waals surface area (Å²) in [6.07, 6.45) is 0.0833. The second kappa shape index (κ2) is 5.35. The molecule has 0 amide bonds. The molecule has 0 aliphatic carbocycles. The van der Waals surface area contributed by atoms with Crippen LogP contribution >= 0.6 is 0 Å². The molecule has 0 fully saturated rings. The summed E-state index contributed by atoms with van der Waals surface area (Å²) in [4.78, 5) is 20.1. The Morgan fingerprint density at radius 2 is 1.38 bits per heavy atom. The molecule has 0 aromatic rings. The van der Waals surface area contributed by atoms with E-state index in [1.165, 1.54) is 13.8 Å². The number of carbonyl (C=O) groups is 2. The average molecular weight is 215 g/mol. The number of rotatable bonds is 2. The molecule has 0 saturated carbocycles. The van der Waals surface area contributed by atoms with Crippen LogP contribution in [0.1, 0.15) is 20.3 Å². The van der Waals surface area contributed by atoms with Gasteiger partial charge in [-0.1, -0.05) is 0 Å². The van der Waals surface area contributed by atoms with E-state index in [1.54, 1.807) is 0 Å². The van der Waals surface area contributed by atoms with Gasteiger partial charge in [-0.05, 0) is 13.8 Å². The fraction of sp³-hybridized carbons (Fsp3) is 0.600. The molecule has 0 unspecified atom stereocenters.